The van der Waals surface area contributed by atoms with Gasteiger partial charge in [-0.15, -0.1) is 0 Å². The summed E-state index contributed by atoms with van der Waals surface area (Å²) < 4.78 is 10.5. The molecule has 2 rings (SSSR count). The van der Waals surface area contributed by atoms with E-state index in [9.17, 15) is 4.79 Å². The maximum absolute atomic E-state index is 11.7. The summed E-state index contributed by atoms with van der Waals surface area (Å²) in [7, 11) is 1.67. The van der Waals surface area contributed by atoms with Crippen molar-refractivity contribution < 1.29 is 14.3 Å². The molecule has 0 unspecified atom stereocenters. The minimum absolute atomic E-state index is 0.453. The number of methoxy groups -OCH3 is 1. The number of rotatable bonds is 6. The summed E-state index contributed by atoms with van der Waals surface area (Å²) in [5.41, 5.74) is 2.41. The molecule has 0 saturated carbocycles. The lowest BCUT2D eigenvalue weighted by atomic mass is 10.1. The lowest BCUT2D eigenvalue weighted by Crippen LogP contribution is -2.27. The maximum atomic E-state index is 11.7. The van der Waals surface area contributed by atoms with Crippen LogP contribution < -0.4 is 15.4 Å². The van der Waals surface area contributed by atoms with Crippen LogP contribution in [-0.4, -0.2) is 25.3 Å². The van der Waals surface area contributed by atoms with Crippen molar-refractivity contribution in [3.8, 4) is 5.75 Å². The Morgan fingerprint density at radius 1 is 1.04 bits per heavy atom. The number of benzene rings is 2. The van der Waals surface area contributed by atoms with Crippen molar-refractivity contribution in [2.45, 2.75) is 32.8 Å². The van der Waals surface area contributed by atoms with E-state index >= 15 is 0 Å². The Bertz CT molecular complexity index is 691. The van der Waals surface area contributed by atoms with Gasteiger partial charge in [-0.05, 0) is 69.2 Å². The molecule has 0 radical (unpaired) electrons. The first-order chi connectivity index (χ1) is 11.9. The van der Waals surface area contributed by atoms with E-state index in [1.165, 1.54) is 5.56 Å². The van der Waals surface area contributed by atoms with E-state index < -0.39 is 11.7 Å². The highest BCUT2D eigenvalue weighted by atomic mass is 16.6. The fourth-order valence-corrected chi connectivity index (χ4v) is 2.27. The van der Waals surface area contributed by atoms with Crippen LogP contribution in [-0.2, 0) is 11.2 Å². The van der Waals surface area contributed by atoms with Gasteiger partial charge in [0.1, 0.15) is 11.4 Å². The molecule has 0 aromatic heterocycles. The molecule has 0 bridgehead atoms. The number of nitrogens with one attached hydrogen (secondary N) is 2. The zero-order valence-electron chi connectivity index (χ0n) is 15.3. The molecule has 1 amide bonds. The average Bonchev–Trinajstić information content (AvgIpc) is 2.55. The van der Waals surface area contributed by atoms with E-state index in [-0.39, 0.29) is 0 Å². The first-order valence-electron chi connectivity index (χ1n) is 8.32. The van der Waals surface area contributed by atoms with Crippen LogP contribution in [0.25, 0.3) is 0 Å². The predicted molar refractivity (Wildman–Crippen MR) is 101 cm³/mol. The smallest absolute Gasteiger partial charge is 0.412 e. The van der Waals surface area contributed by atoms with Gasteiger partial charge in [0.2, 0.25) is 0 Å². The molecule has 5 heteroatoms. The molecule has 2 aromatic carbocycles. The third-order valence-corrected chi connectivity index (χ3v) is 3.41. The summed E-state index contributed by atoms with van der Waals surface area (Å²) >= 11 is 0. The van der Waals surface area contributed by atoms with E-state index in [2.05, 4.69) is 16.7 Å². The standard InChI is InChI=1S/C20H26N2O3/c1-20(2,3)25-19(23)22-17-10-8-16(9-11-17)21-13-12-15-6-5-7-18(14-15)24-4/h5-11,14,21H,12-13H2,1-4H3,(H,22,23). The molecule has 0 aliphatic carbocycles. The number of hydrogen-bond acceptors (Lipinski definition) is 4. The summed E-state index contributed by atoms with van der Waals surface area (Å²) in [4.78, 5) is 11.7. The summed E-state index contributed by atoms with van der Waals surface area (Å²) in [5.74, 6) is 0.870. The molecule has 25 heavy (non-hydrogen) atoms. The Morgan fingerprint density at radius 2 is 1.72 bits per heavy atom. The second-order valence-electron chi connectivity index (χ2n) is 6.73. The predicted octanol–water partition coefficient (Wildman–Crippen LogP) is 4.70. The van der Waals surface area contributed by atoms with Gasteiger partial charge in [0.05, 0.1) is 7.11 Å². The lowest BCUT2D eigenvalue weighted by molar-refractivity contribution is 0.0636. The van der Waals surface area contributed by atoms with E-state index in [1.807, 2.05) is 63.2 Å². The number of ether oxygens (including phenoxy) is 2. The second kappa shape index (κ2) is 8.42. The molecule has 2 aromatic rings. The van der Waals surface area contributed by atoms with Crippen molar-refractivity contribution in [2.24, 2.45) is 0 Å². The highest BCUT2D eigenvalue weighted by molar-refractivity contribution is 5.85. The van der Waals surface area contributed by atoms with E-state index in [1.54, 1.807) is 7.11 Å². The van der Waals surface area contributed by atoms with Crippen molar-refractivity contribution in [1.82, 2.24) is 0 Å². The van der Waals surface area contributed by atoms with Gasteiger partial charge < -0.3 is 14.8 Å². The van der Waals surface area contributed by atoms with Crippen molar-refractivity contribution >= 4 is 17.5 Å². The van der Waals surface area contributed by atoms with Gasteiger partial charge in [-0.3, -0.25) is 5.32 Å². The van der Waals surface area contributed by atoms with Gasteiger partial charge in [-0.2, -0.15) is 0 Å². The number of carbonyl (C=O) groups excluding carboxylic acids is 1. The Balaban J connectivity index is 1.81. The molecular formula is C20H26N2O3. The minimum atomic E-state index is -0.508. The molecule has 0 aliphatic heterocycles. The number of carbonyl (C=O) groups is 1. The number of anilines is 2. The Hall–Kier alpha value is -2.69. The van der Waals surface area contributed by atoms with Crippen molar-refractivity contribution in [1.29, 1.82) is 0 Å². The van der Waals surface area contributed by atoms with Crippen LogP contribution >= 0.6 is 0 Å². The number of hydrogen-bond donors (Lipinski definition) is 2. The van der Waals surface area contributed by atoms with Crippen LogP contribution in [0.15, 0.2) is 48.5 Å². The molecule has 0 spiro atoms. The molecule has 0 aliphatic rings. The minimum Gasteiger partial charge on any atom is -0.497 e. The van der Waals surface area contributed by atoms with Gasteiger partial charge in [-0.25, -0.2) is 4.79 Å². The second-order valence-corrected chi connectivity index (χ2v) is 6.73. The van der Waals surface area contributed by atoms with Crippen LogP contribution in [0.4, 0.5) is 16.2 Å². The van der Waals surface area contributed by atoms with Crippen LogP contribution in [0.3, 0.4) is 0 Å². The van der Waals surface area contributed by atoms with Crippen LogP contribution in [0, 0.1) is 0 Å². The molecule has 5 nitrogen and oxygen atoms in total. The number of amides is 1. The zero-order valence-corrected chi connectivity index (χ0v) is 15.3. The van der Waals surface area contributed by atoms with Gasteiger partial charge in [0.25, 0.3) is 0 Å². The molecule has 0 saturated heterocycles. The fraction of sp³-hybridized carbons (Fsp3) is 0.350. The molecule has 0 fully saturated rings. The van der Waals surface area contributed by atoms with Crippen LogP contribution in [0.2, 0.25) is 0 Å². The quantitative estimate of drug-likeness (QED) is 0.799. The largest absolute Gasteiger partial charge is 0.497 e. The van der Waals surface area contributed by atoms with Crippen molar-refractivity contribution in [3.63, 3.8) is 0 Å². The third kappa shape index (κ3) is 6.75. The highest BCUT2D eigenvalue weighted by Gasteiger charge is 2.15. The Kier molecular flexibility index (Phi) is 6.28. The summed E-state index contributed by atoms with van der Waals surface area (Å²) in [6.45, 7) is 6.32. The average molecular weight is 342 g/mol. The SMILES string of the molecule is COc1cccc(CCNc2ccc(NC(=O)OC(C)(C)C)cc2)c1. The van der Waals surface area contributed by atoms with E-state index in [4.69, 9.17) is 9.47 Å². The van der Waals surface area contributed by atoms with Gasteiger partial charge in [0, 0.05) is 17.9 Å². The summed E-state index contributed by atoms with van der Waals surface area (Å²) in [6, 6.07) is 15.6. The molecule has 0 atom stereocenters. The van der Waals surface area contributed by atoms with Gasteiger partial charge in [-0.1, -0.05) is 12.1 Å². The van der Waals surface area contributed by atoms with Crippen molar-refractivity contribution in [2.75, 3.05) is 24.3 Å². The van der Waals surface area contributed by atoms with Gasteiger partial charge in [0.15, 0.2) is 0 Å². The Labute approximate surface area is 149 Å². The molecule has 134 valence electrons. The van der Waals surface area contributed by atoms with Crippen LogP contribution in [0.1, 0.15) is 26.3 Å². The summed E-state index contributed by atoms with van der Waals surface area (Å²) in [5, 5.41) is 6.08. The van der Waals surface area contributed by atoms with E-state index in [0.29, 0.717) is 5.69 Å². The topological polar surface area (TPSA) is 59.6 Å². The zero-order chi connectivity index (χ0) is 18.3. The van der Waals surface area contributed by atoms with Gasteiger partial charge >= 0.3 is 6.09 Å². The van der Waals surface area contributed by atoms with Crippen LogP contribution in [0.5, 0.6) is 5.75 Å². The monoisotopic (exact) mass is 342 g/mol. The normalized spacial score (nSPS) is 10.9. The lowest BCUT2D eigenvalue weighted by Gasteiger charge is -2.19. The van der Waals surface area contributed by atoms with E-state index in [0.717, 1.165) is 24.4 Å². The molecule has 2 N–H and O–H groups in total. The first kappa shape index (κ1) is 18.6. The Morgan fingerprint density at radius 3 is 2.36 bits per heavy atom. The highest BCUT2D eigenvalue weighted by Crippen LogP contribution is 2.16. The fourth-order valence-electron chi connectivity index (χ4n) is 2.27. The van der Waals surface area contributed by atoms with Crippen molar-refractivity contribution in [3.05, 3.63) is 54.1 Å². The first-order valence-corrected chi connectivity index (χ1v) is 8.32. The third-order valence-electron chi connectivity index (χ3n) is 3.41. The molecule has 0 heterocycles. The maximum Gasteiger partial charge on any atom is 0.412 e. The summed E-state index contributed by atoms with van der Waals surface area (Å²) in [6.07, 6.45) is 0.445. The molecular weight excluding hydrogens is 316 g/mol.